The van der Waals surface area contributed by atoms with Gasteiger partial charge in [-0.15, -0.1) is 0 Å². The van der Waals surface area contributed by atoms with Gasteiger partial charge in [-0.1, -0.05) is 11.6 Å². The molecule has 1 aromatic heterocycles. The third-order valence-corrected chi connectivity index (χ3v) is 6.16. The molecule has 1 aliphatic heterocycles. The van der Waals surface area contributed by atoms with E-state index in [0.717, 1.165) is 11.4 Å². The number of rotatable bonds is 7. The zero-order valence-corrected chi connectivity index (χ0v) is 20.9. The molecule has 2 heterocycles. The molecule has 1 saturated heterocycles. The van der Waals surface area contributed by atoms with Crippen molar-refractivity contribution in [2.75, 3.05) is 31.4 Å². The van der Waals surface area contributed by atoms with E-state index in [1.54, 1.807) is 42.1 Å². The van der Waals surface area contributed by atoms with Crippen molar-refractivity contribution >= 4 is 34.9 Å². The van der Waals surface area contributed by atoms with Crippen molar-refractivity contribution in [2.24, 2.45) is 0 Å². The van der Waals surface area contributed by atoms with Crippen molar-refractivity contribution in [1.29, 1.82) is 0 Å². The second-order valence-corrected chi connectivity index (χ2v) is 8.91. The molecule has 36 heavy (non-hydrogen) atoms. The van der Waals surface area contributed by atoms with Gasteiger partial charge in [0.05, 0.1) is 35.5 Å². The van der Waals surface area contributed by atoms with E-state index in [1.165, 1.54) is 24.1 Å². The fourth-order valence-electron chi connectivity index (χ4n) is 4.15. The van der Waals surface area contributed by atoms with Crippen LogP contribution >= 0.6 is 11.6 Å². The van der Waals surface area contributed by atoms with Crippen molar-refractivity contribution in [3.8, 4) is 5.69 Å². The van der Waals surface area contributed by atoms with Gasteiger partial charge in [-0.3, -0.25) is 4.79 Å². The summed E-state index contributed by atoms with van der Waals surface area (Å²) in [6, 6.07) is 11.6. The summed E-state index contributed by atoms with van der Waals surface area (Å²) in [6.45, 7) is 2.37. The maximum absolute atomic E-state index is 15.0. The van der Waals surface area contributed by atoms with Crippen molar-refractivity contribution in [1.82, 2.24) is 14.7 Å². The number of amides is 3. The lowest BCUT2D eigenvalue weighted by Gasteiger charge is -2.24. The number of hydrogen-bond donors (Lipinski definition) is 2. The first-order valence-electron chi connectivity index (χ1n) is 11.3. The largest absolute Gasteiger partial charge is 0.380 e. The van der Waals surface area contributed by atoms with Gasteiger partial charge in [-0.05, 0) is 49.4 Å². The fraction of sp³-hybridized carbons (Fsp3) is 0.320. The zero-order valence-electron chi connectivity index (χ0n) is 20.1. The molecule has 3 aromatic rings. The van der Waals surface area contributed by atoms with Crippen LogP contribution in [0.2, 0.25) is 5.02 Å². The summed E-state index contributed by atoms with van der Waals surface area (Å²) in [5, 5.41) is 10.3. The maximum atomic E-state index is 15.0. The number of ether oxygens (including phenoxy) is 2. The fourth-order valence-corrected chi connectivity index (χ4v) is 4.28. The molecular weight excluding hydrogens is 489 g/mol. The molecular formula is C25H27ClFN5O4. The van der Waals surface area contributed by atoms with Gasteiger partial charge in [0.25, 0.3) is 0 Å². The molecule has 2 atom stereocenters. The van der Waals surface area contributed by atoms with E-state index in [0.29, 0.717) is 23.0 Å². The van der Waals surface area contributed by atoms with E-state index >= 15 is 4.39 Å². The minimum atomic E-state index is -0.844. The van der Waals surface area contributed by atoms with E-state index in [-0.39, 0.29) is 24.8 Å². The van der Waals surface area contributed by atoms with Gasteiger partial charge >= 0.3 is 6.03 Å². The molecule has 0 bridgehead atoms. The summed E-state index contributed by atoms with van der Waals surface area (Å²) < 4.78 is 27.2. The Bertz CT molecular complexity index is 1250. The van der Waals surface area contributed by atoms with Gasteiger partial charge in [0.1, 0.15) is 11.9 Å². The van der Waals surface area contributed by atoms with Crippen LogP contribution in [0.1, 0.15) is 17.8 Å². The smallest absolute Gasteiger partial charge is 0.322 e. The topological polar surface area (TPSA) is 97.7 Å². The van der Waals surface area contributed by atoms with Gasteiger partial charge in [0.15, 0.2) is 0 Å². The predicted octanol–water partition coefficient (Wildman–Crippen LogP) is 4.38. The molecule has 3 amide bonds. The number of likely N-dealkylation sites (tertiary alicyclic amines) is 1. The summed E-state index contributed by atoms with van der Waals surface area (Å²) in [4.78, 5) is 27.5. The lowest BCUT2D eigenvalue weighted by atomic mass is 10.1. The zero-order chi connectivity index (χ0) is 25.8. The number of halogens is 2. The monoisotopic (exact) mass is 515 g/mol. The minimum absolute atomic E-state index is 0.000143. The molecule has 11 heteroatoms. The Morgan fingerprint density at radius 1 is 1.14 bits per heavy atom. The van der Waals surface area contributed by atoms with Crippen molar-refractivity contribution in [3.05, 3.63) is 70.8 Å². The quantitative estimate of drug-likeness (QED) is 0.486. The van der Waals surface area contributed by atoms with E-state index in [1.807, 2.05) is 13.0 Å². The van der Waals surface area contributed by atoms with Crippen LogP contribution in [-0.2, 0) is 20.9 Å². The number of carbonyl (C=O) groups is 2. The summed E-state index contributed by atoms with van der Waals surface area (Å²) in [6.07, 6.45) is -0.0468. The Balaban J connectivity index is 1.49. The van der Waals surface area contributed by atoms with Gasteiger partial charge < -0.3 is 25.0 Å². The highest BCUT2D eigenvalue weighted by Gasteiger charge is 2.40. The summed E-state index contributed by atoms with van der Waals surface area (Å²) in [5.41, 5.74) is 2.57. The third kappa shape index (κ3) is 5.67. The first kappa shape index (κ1) is 25.6. The van der Waals surface area contributed by atoms with Gasteiger partial charge in [0.2, 0.25) is 5.91 Å². The highest BCUT2D eigenvalue weighted by Crippen LogP contribution is 2.25. The average Bonchev–Trinajstić information content (AvgIpc) is 3.46. The second-order valence-electron chi connectivity index (χ2n) is 8.47. The Kier molecular flexibility index (Phi) is 7.88. The molecule has 0 saturated carbocycles. The van der Waals surface area contributed by atoms with E-state index in [2.05, 4.69) is 15.7 Å². The molecule has 190 valence electrons. The molecule has 0 aliphatic carbocycles. The number of carbonyl (C=O) groups excluding carboxylic acids is 2. The van der Waals surface area contributed by atoms with Gasteiger partial charge in [-0.2, -0.15) is 5.10 Å². The highest BCUT2D eigenvalue weighted by atomic mass is 35.5. The molecule has 2 aromatic carbocycles. The van der Waals surface area contributed by atoms with Crippen molar-refractivity contribution < 1.29 is 23.5 Å². The molecule has 0 radical (unpaired) electrons. The molecule has 4 rings (SSSR count). The first-order valence-corrected chi connectivity index (χ1v) is 11.7. The number of aryl methyl sites for hydroxylation is 1. The Morgan fingerprint density at radius 2 is 1.89 bits per heavy atom. The summed E-state index contributed by atoms with van der Waals surface area (Å²) in [7, 11) is 3.09. The van der Waals surface area contributed by atoms with E-state index in [9.17, 15) is 9.59 Å². The van der Waals surface area contributed by atoms with E-state index < -0.39 is 23.8 Å². The third-order valence-electron chi connectivity index (χ3n) is 5.91. The molecule has 1 fully saturated rings. The number of anilines is 2. The van der Waals surface area contributed by atoms with Crippen molar-refractivity contribution in [2.45, 2.75) is 32.1 Å². The molecule has 9 nitrogen and oxygen atoms in total. The highest BCUT2D eigenvalue weighted by molar-refractivity contribution is 6.30. The van der Waals surface area contributed by atoms with Crippen LogP contribution in [0.3, 0.4) is 0 Å². The molecule has 0 spiro atoms. The molecule has 2 N–H and O–H groups in total. The Morgan fingerprint density at radius 3 is 2.56 bits per heavy atom. The SMILES string of the molecule is COCc1cc(C)nn1-c1ccc(NC(=O)[C@H]2C[C@@H](OC)CN2C(=O)Nc2ccc(Cl)cc2)c(F)c1. The number of aromatic nitrogens is 2. The predicted molar refractivity (Wildman–Crippen MR) is 134 cm³/mol. The van der Waals surface area contributed by atoms with Crippen LogP contribution in [0.5, 0.6) is 0 Å². The number of nitrogens with one attached hydrogen (secondary N) is 2. The molecule has 1 aliphatic rings. The standard InChI is InChI=1S/C25H27ClFN5O4/c1-15-10-19(14-35-2)32(30-15)18-8-9-22(21(27)11-18)29-24(33)23-12-20(36-3)13-31(23)25(34)28-17-6-4-16(26)5-7-17/h4-11,20,23H,12-14H2,1-3H3,(H,28,34)(H,29,33)/t20-,23-/m1/s1. The summed E-state index contributed by atoms with van der Waals surface area (Å²) >= 11 is 5.90. The van der Waals surface area contributed by atoms with Crippen LogP contribution in [0, 0.1) is 12.7 Å². The lowest BCUT2D eigenvalue weighted by Crippen LogP contribution is -2.45. The Labute approximate surface area is 213 Å². The lowest BCUT2D eigenvalue weighted by molar-refractivity contribution is -0.119. The van der Waals surface area contributed by atoms with Gasteiger partial charge in [0, 0.05) is 44.0 Å². The van der Waals surface area contributed by atoms with Crippen LogP contribution in [-0.4, -0.2) is 59.5 Å². The second kappa shape index (κ2) is 11.1. The normalized spacial score (nSPS) is 17.3. The van der Waals surface area contributed by atoms with Gasteiger partial charge in [-0.25, -0.2) is 13.9 Å². The summed E-state index contributed by atoms with van der Waals surface area (Å²) in [5.74, 6) is -1.14. The number of benzene rings is 2. The number of methoxy groups -OCH3 is 2. The molecule has 0 unspecified atom stereocenters. The maximum Gasteiger partial charge on any atom is 0.322 e. The van der Waals surface area contributed by atoms with Crippen LogP contribution < -0.4 is 10.6 Å². The number of urea groups is 1. The van der Waals surface area contributed by atoms with Crippen LogP contribution in [0.25, 0.3) is 5.69 Å². The van der Waals surface area contributed by atoms with Crippen LogP contribution in [0.4, 0.5) is 20.6 Å². The van der Waals surface area contributed by atoms with Crippen molar-refractivity contribution in [3.63, 3.8) is 0 Å². The number of nitrogens with zero attached hydrogens (tertiary/aromatic N) is 3. The average molecular weight is 516 g/mol. The first-order chi connectivity index (χ1) is 17.3. The minimum Gasteiger partial charge on any atom is -0.380 e. The number of hydrogen-bond acceptors (Lipinski definition) is 5. The Hall–Kier alpha value is -3.47. The van der Waals surface area contributed by atoms with E-state index in [4.69, 9.17) is 21.1 Å². The van der Waals surface area contributed by atoms with Crippen LogP contribution in [0.15, 0.2) is 48.5 Å².